The van der Waals surface area contributed by atoms with E-state index < -0.39 is 17.7 Å². The van der Waals surface area contributed by atoms with Gasteiger partial charge in [0, 0.05) is 24.2 Å². The Kier molecular flexibility index (Phi) is 7.57. The van der Waals surface area contributed by atoms with Gasteiger partial charge in [-0.05, 0) is 76.6 Å². The zero-order valence-electron chi connectivity index (χ0n) is 19.8. The van der Waals surface area contributed by atoms with Crippen LogP contribution in [0.2, 0.25) is 5.02 Å². The van der Waals surface area contributed by atoms with Crippen LogP contribution in [0.1, 0.15) is 57.9 Å². The summed E-state index contributed by atoms with van der Waals surface area (Å²) < 4.78 is 25.7. The largest absolute Gasteiger partial charge is 0.469 e. The molecule has 1 aromatic heterocycles. The number of hydrogen-bond acceptors (Lipinski definition) is 6. The zero-order chi connectivity index (χ0) is 24.3. The number of amides is 1. The molecule has 7 nitrogen and oxygen atoms in total. The zero-order valence-corrected chi connectivity index (χ0v) is 20.6. The number of nitrogens with zero attached hydrogens (tertiary/aromatic N) is 3. The summed E-state index contributed by atoms with van der Waals surface area (Å²) in [6.07, 6.45) is 3.26. The Morgan fingerprint density at radius 1 is 1.21 bits per heavy atom. The third kappa shape index (κ3) is 5.96. The molecule has 2 heterocycles. The standard InChI is InChI=1S/C25H32ClFN4O3/c1-25(2,3)31(20-5-4-10-28-15-20)24(32)34-22-12-17(16-6-8-19(27)9-7-16)11-21(22)33-23-13-18(26)14-29-30-23/h6-9,13-14,17,20-22,28H,4-5,10-12,15H2,1-3H3/t17?,20?,21?,22-/m1/s1. The summed E-state index contributed by atoms with van der Waals surface area (Å²) >= 11 is 6.05. The van der Waals surface area contributed by atoms with Crippen molar-refractivity contribution in [3.63, 3.8) is 0 Å². The van der Waals surface area contributed by atoms with E-state index in [4.69, 9.17) is 21.1 Å². The minimum absolute atomic E-state index is 0.0509. The van der Waals surface area contributed by atoms with E-state index in [0.29, 0.717) is 17.9 Å². The molecule has 2 aliphatic rings. The fourth-order valence-electron chi connectivity index (χ4n) is 4.96. The summed E-state index contributed by atoms with van der Waals surface area (Å²) in [5, 5.41) is 11.7. The van der Waals surface area contributed by atoms with E-state index in [2.05, 4.69) is 15.5 Å². The molecular weight excluding hydrogens is 459 g/mol. The lowest BCUT2D eigenvalue weighted by Crippen LogP contribution is -2.57. The van der Waals surface area contributed by atoms with Gasteiger partial charge in [-0.2, -0.15) is 5.10 Å². The molecule has 9 heteroatoms. The highest BCUT2D eigenvalue weighted by Crippen LogP contribution is 2.39. The molecule has 34 heavy (non-hydrogen) atoms. The first-order chi connectivity index (χ1) is 16.2. The van der Waals surface area contributed by atoms with Crippen molar-refractivity contribution in [2.45, 2.75) is 76.2 Å². The van der Waals surface area contributed by atoms with Crippen molar-refractivity contribution in [2.24, 2.45) is 0 Å². The van der Waals surface area contributed by atoms with Gasteiger partial charge in [0.15, 0.2) is 0 Å². The smallest absolute Gasteiger partial charge is 0.410 e. The van der Waals surface area contributed by atoms with Gasteiger partial charge in [0.25, 0.3) is 0 Å². The number of piperidine rings is 1. The van der Waals surface area contributed by atoms with Gasteiger partial charge in [-0.1, -0.05) is 23.7 Å². The molecule has 1 aromatic carbocycles. The molecule has 1 N–H and O–H groups in total. The Hall–Kier alpha value is -2.45. The van der Waals surface area contributed by atoms with E-state index in [9.17, 15) is 9.18 Å². The van der Waals surface area contributed by atoms with Crippen LogP contribution in [-0.2, 0) is 4.74 Å². The van der Waals surface area contributed by atoms with Crippen LogP contribution in [0.3, 0.4) is 0 Å². The number of ether oxygens (including phenoxy) is 2. The second-order valence-electron chi connectivity index (χ2n) is 10.1. The first-order valence-corrected chi connectivity index (χ1v) is 12.2. The van der Waals surface area contributed by atoms with Gasteiger partial charge < -0.3 is 14.8 Å². The van der Waals surface area contributed by atoms with E-state index in [1.54, 1.807) is 18.2 Å². The number of aromatic nitrogens is 2. The maximum Gasteiger partial charge on any atom is 0.410 e. The second-order valence-corrected chi connectivity index (χ2v) is 10.5. The van der Waals surface area contributed by atoms with Gasteiger partial charge in [0.1, 0.15) is 18.0 Å². The van der Waals surface area contributed by atoms with Crippen LogP contribution in [0.25, 0.3) is 0 Å². The summed E-state index contributed by atoms with van der Waals surface area (Å²) in [5.74, 6) is 0.0473. The Labute approximate surface area is 205 Å². The Balaban J connectivity index is 1.55. The lowest BCUT2D eigenvalue weighted by Gasteiger charge is -2.43. The molecule has 1 saturated heterocycles. The van der Waals surface area contributed by atoms with Crippen molar-refractivity contribution in [1.29, 1.82) is 0 Å². The lowest BCUT2D eigenvalue weighted by molar-refractivity contribution is -0.0141. The summed E-state index contributed by atoms with van der Waals surface area (Å²) in [4.78, 5) is 15.4. The highest BCUT2D eigenvalue weighted by molar-refractivity contribution is 6.30. The number of hydrogen-bond donors (Lipinski definition) is 1. The summed E-state index contributed by atoms with van der Waals surface area (Å²) in [6.45, 7) is 7.77. The molecule has 2 fully saturated rings. The van der Waals surface area contributed by atoms with E-state index in [0.717, 1.165) is 31.5 Å². The number of nitrogens with one attached hydrogen (secondary N) is 1. The quantitative estimate of drug-likeness (QED) is 0.639. The van der Waals surface area contributed by atoms with Crippen LogP contribution in [0, 0.1) is 5.82 Å². The molecule has 0 bridgehead atoms. The lowest BCUT2D eigenvalue weighted by atomic mass is 9.97. The van der Waals surface area contributed by atoms with Crippen LogP contribution >= 0.6 is 11.6 Å². The van der Waals surface area contributed by atoms with Gasteiger partial charge in [-0.15, -0.1) is 5.10 Å². The van der Waals surface area contributed by atoms with E-state index in [-0.39, 0.29) is 29.8 Å². The molecule has 184 valence electrons. The molecule has 3 unspecified atom stereocenters. The van der Waals surface area contributed by atoms with Gasteiger partial charge in [-0.3, -0.25) is 4.90 Å². The highest BCUT2D eigenvalue weighted by atomic mass is 35.5. The van der Waals surface area contributed by atoms with Crippen molar-refractivity contribution in [3.8, 4) is 5.88 Å². The molecule has 2 aromatic rings. The molecule has 1 aliphatic heterocycles. The monoisotopic (exact) mass is 490 g/mol. The SMILES string of the molecule is CC(C)(C)N(C(=O)O[C@@H]1CC(c2ccc(F)cc2)CC1Oc1cc(Cl)cnn1)C1CCCNC1. The van der Waals surface area contributed by atoms with Crippen molar-refractivity contribution in [1.82, 2.24) is 20.4 Å². The molecule has 0 radical (unpaired) electrons. The van der Waals surface area contributed by atoms with E-state index in [1.165, 1.54) is 18.3 Å². The molecular formula is C25H32ClFN4O3. The number of benzene rings is 1. The molecule has 1 amide bonds. The molecule has 4 atom stereocenters. The van der Waals surface area contributed by atoms with Crippen LogP contribution in [-0.4, -0.2) is 58.1 Å². The highest BCUT2D eigenvalue weighted by Gasteiger charge is 2.43. The maximum absolute atomic E-state index is 13.5. The first kappa shape index (κ1) is 24.7. The van der Waals surface area contributed by atoms with Crippen molar-refractivity contribution >= 4 is 17.7 Å². The minimum Gasteiger partial charge on any atom is -0.469 e. The van der Waals surface area contributed by atoms with Crippen LogP contribution in [0.15, 0.2) is 36.5 Å². The number of halogens is 2. The van der Waals surface area contributed by atoms with Crippen molar-refractivity contribution in [3.05, 3.63) is 52.9 Å². The van der Waals surface area contributed by atoms with Gasteiger partial charge in [0.05, 0.1) is 11.2 Å². The number of carbonyl (C=O) groups is 1. The Bertz CT molecular complexity index is 979. The van der Waals surface area contributed by atoms with Gasteiger partial charge in [0.2, 0.25) is 5.88 Å². The first-order valence-electron chi connectivity index (χ1n) is 11.8. The second kappa shape index (κ2) is 10.4. The molecule has 1 saturated carbocycles. The van der Waals surface area contributed by atoms with E-state index in [1.807, 2.05) is 25.7 Å². The Morgan fingerprint density at radius 2 is 1.94 bits per heavy atom. The molecule has 0 spiro atoms. The molecule has 1 aliphatic carbocycles. The van der Waals surface area contributed by atoms with Crippen LogP contribution in [0.5, 0.6) is 5.88 Å². The van der Waals surface area contributed by atoms with Gasteiger partial charge >= 0.3 is 6.09 Å². The molecule has 4 rings (SSSR count). The third-order valence-corrected chi connectivity index (χ3v) is 6.67. The normalized spacial score (nSPS) is 25.1. The summed E-state index contributed by atoms with van der Waals surface area (Å²) in [7, 11) is 0. The van der Waals surface area contributed by atoms with Crippen molar-refractivity contribution < 1.29 is 18.7 Å². The van der Waals surface area contributed by atoms with Crippen LogP contribution in [0.4, 0.5) is 9.18 Å². The fourth-order valence-corrected chi connectivity index (χ4v) is 5.10. The number of carbonyl (C=O) groups excluding carboxylic acids is 1. The van der Waals surface area contributed by atoms with Gasteiger partial charge in [-0.25, -0.2) is 9.18 Å². The third-order valence-electron chi connectivity index (χ3n) is 6.47. The van der Waals surface area contributed by atoms with E-state index >= 15 is 0 Å². The number of rotatable bonds is 5. The topological polar surface area (TPSA) is 76.6 Å². The van der Waals surface area contributed by atoms with Crippen molar-refractivity contribution in [2.75, 3.05) is 13.1 Å². The average molecular weight is 491 g/mol. The maximum atomic E-state index is 13.5. The predicted octanol–water partition coefficient (Wildman–Crippen LogP) is 4.95. The minimum atomic E-state index is -0.496. The van der Waals surface area contributed by atoms with Crippen LogP contribution < -0.4 is 10.1 Å². The summed E-state index contributed by atoms with van der Waals surface area (Å²) in [6, 6.07) is 8.10. The average Bonchev–Trinajstić information content (AvgIpc) is 3.16. The Morgan fingerprint density at radius 3 is 2.59 bits per heavy atom. The fraction of sp³-hybridized carbons (Fsp3) is 0.560. The predicted molar refractivity (Wildman–Crippen MR) is 128 cm³/mol. The summed E-state index contributed by atoms with van der Waals surface area (Å²) in [5.41, 5.74) is 0.583.